The number of hydrogen-bond donors (Lipinski definition) is 1. The lowest BCUT2D eigenvalue weighted by atomic mass is 10.1. The molecule has 1 aromatic carbocycles. The van der Waals surface area contributed by atoms with Gasteiger partial charge in [-0.05, 0) is 32.4 Å². The lowest BCUT2D eigenvalue weighted by Gasteiger charge is -2.26. The third-order valence-corrected chi connectivity index (χ3v) is 2.84. The summed E-state index contributed by atoms with van der Waals surface area (Å²) < 4.78 is 27.6. The van der Waals surface area contributed by atoms with E-state index in [1.807, 2.05) is 0 Å². The van der Waals surface area contributed by atoms with Crippen LogP contribution in [0.5, 0.6) is 0 Å². The van der Waals surface area contributed by atoms with E-state index in [9.17, 15) is 13.6 Å². The second kappa shape index (κ2) is 6.06. The molecular formula is C13H16F2N2OS. The highest BCUT2D eigenvalue weighted by atomic mass is 32.1. The van der Waals surface area contributed by atoms with Gasteiger partial charge in [-0.1, -0.05) is 18.3 Å². The summed E-state index contributed by atoms with van der Waals surface area (Å²) in [6, 6.07) is 2.09. The molecule has 6 heteroatoms. The topological polar surface area (TPSA) is 46.3 Å². The molecule has 0 radical (unpaired) electrons. The van der Waals surface area contributed by atoms with Gasteiger partial charge < -0.3 is 10.6 Å². The molecule has 0 aliphatic rings. The van der Waals surface area contributed by atoms with Crippen molar-refractivity contribution in [3.63, 3.8) is 0 Å². The first kappa shape index (κ1) is 15.5. The summed E-state index contributed by atoms with van der Waals surface area (Å²) >= 11 is 4.75. The highest BCUT2D eigenvalue weighted by molar-refractivity contribution is 7.80. The van der Waals surface area contributed by atoms with Gasteiger partial charge in [0.2, 0.25) is 0 Å². The molecule has 19 heavy (non-hydrogen) atoms. The Labute approximate surface area is 116 Å². The van der Waals surface area contributed by atoms with Crippen LogP contribution in [0.4, 0.5) is 8.78 Å². The first-order valence-corrected chi connectivity index (χ1v) is 6.20. The smallest absolute Gasteiger partial charge is 0.260 e. The van der Waals surface area contributed by atoms with Gasteiger partial charge in [0.25, 0.3) is 5.91 Å². The van der Waals surface area contributed by atoms with Crippen molar-refractivity contribution in [1.29, 1.82) is 0 Å². The molecule has 1 rings (SSSR count). The third-order valence-electron chi connectivity index (χ3n) is 2.71. The Morgan fingerprint density at radius 1 is 1.42 bits per heavy atom. The number of benzene rings is 1. The largest absolute Gasteiger partial charge is 0.392 e. The van der Waals surface area contributed by atoms with Gasteiger partial charge in [-0.25, -0.2) is 8.78 Å². The van der Waals surface area contributed by atoms with Gasteiger partial charge in [0, 0.05) is 6.04 Å². The molecule has 2 N–H and O–H groups in total. The number of nitrogens with two attached hydrogens (primary N) is 1. The van der Waals surface area contributed by atoms with Crippen molar-refractivity contribution < 1.29 is 13.6 Å². The van der Waals surface area contributed by atoms with E-state index in [0.717, 1.165) is 6.07 Å². The maximum absolute atomic E-state index is 13.9. The van der Waals surface area contributed by atoms with Crippen LogP contribution < -0.4 is 5.73 Å². The molecular weight excluding hydrogens is 270 g/mol. The fourth-order valence-corrected chi connectivity index (χ4v) is 1.79. The molecule has 0 atom stereocenters. The van der Waals surface area contributed by atoms with Gasteiger partial charge in [-0.3, -0.25) is 4.79 Å². The number of amides is 1. The minimum atomic E-state index is -0.887. The van der Waals surface area contributed by atoms with Gasteiger partial charge in [0.1, 0.15) is 17.2 Å². The van der Waals surface area contributed by atoms with Crippen LogP contribution >= 0.6 is 12.2 Å². The number of nitrogens with zero attached hydrogens (tertiary/aromatic N) is 1. The van der Waals surface area contributed by atoms with E-state index >= 15 is 0 Å². The summed E-state index contributed by atoms with van der Waals surface area (Å²) in [6.45, 7) is 4.90. The van der Waals surface area contributed by atoms with E-state index in [1.165, 1.54) is 17.9 Å². The van der Waals surface area contributed by atoms with Gasteiger partial charge in [0.15, 0.2) is 0 Å². The minimum Gasteiger partial charge on any atom is -0.392 e. The Hall–Kier alpha value is -1.56. The molecule has 0 aliphatic carbocycles. The van der Waals surface area contributed by atoms with E-state index in [1.54, 1.807) is 13.8 Å². The van der Waals surface area contributed by atoms with Crippen molar-refractivity contribution in [2.24, 2.45) is 5.73 Å². The predicted octanol–water partition coefficient (Wildman–Crippen LogP) is 2.41. The standard InChI is InChI=1S/C13H16F2N2OS/c1-7(2)17(6-10(16)19)13(18)11-9(14)5-4-8(3)12(11)15/h4-5,7H,6H2,1-3H3,(H2,16,19). The molecule has 104 valence electrons. The summed E-state index contributed by atoms with van der Waals surface area (Å²) in [7, 11) is 0. The highest BCUT2D eigenvalue weighted by Crippen LogP contribution is 2.19. The SMILES string of the molecule is Cc1ccc(F)c(C(=O)N(CC(N)=S)C(C)C)c1F. The third kappa shape index (κ3) is 3.47. The van der Waals surface area contributed by atoms with E-state index in [-0.39, 0.29) is 23.1 Å². The normalized spacial score (nSPS) is 10.6. The summed E-state index contributed by atoms with van der Waals surface area (Å²) in [6.07, 6.45) is 0. The number of hydrogen-bond acceptors (Lipinski definition) is 2. The number of aryl methyl sites for hydroxylation is 1. The molecule has 0 aliphatic heterocycles. The van der Waals surface area contributed by atoms with Crippen LogP contribution in [0.25, 0.3) is 0 Å². The van der Waals surface area contributed by atoms with Crippen molar-refractivity contribution in [2.75, 3.05) is 6.54 Å². The van der Waals surface area contributed by atoms with Crippen LogP contribution in [-0.4, -0.2) is 28.4 Å². The zero-order valence-corrected chi connectivity index (χ0v) is 11.9. The van der Waals surface area contributed by atoms with Gasteiger partial charge in [-0.15, -0.1) is 0 Å². The van der Waals surface area contributed by atoms with E-state index in [4.69, 9.17) is 18.0 Å². The van der Waals surface area contributed by atoms with E-state index in [2.05, 4.69) is 0 Å². The summed E-state index contributed by atoms with van der Waals surface area (Å²) in [5.74, 6) is -2.48. The lowest BCUT2D eigenvalue weighted by molar-refractivity contribution is 0.0726. The van der Waals surface area contributed by atoms with Crippen LogP contribution in [0.1, 0.15) is 29.8 Å². The average Bonchev–Trinajstić information content (AvgIpc) is 2.30. The quantitative estimate of drug-likeness (QED) is 0.865. The van der Waals surface area contributed by atoms with Crippen LogP contribution in [0, 0.1) is 18.6 Å². The highest BCUT2D eigenvalue weighted by Gasteiger charge is 2.26. The Morgan fingerprint density at radius 2 is 2.00 bits per heavy atom. The van der Waals surface area contributed by atoms with Gasteiger partial charge >= 0.3 is 0 Å². The molecule has 1 aromatic rings. The second-order valence-electron chi connectivity index (χ2n) is 4.55. The van der Waals surface area contributed by atoms with Gasteiger partial charge in [0.05, 0.1) is 11.5 Å². The van der Waals surface area contributed by atoms with Crippen molar-refractivity contribution in [1.82, 2.24) is 4.90 Å². The Bertz CT molecular complexity index is 518. The van der Waals surface area contributed by atoms with E-state index < -0.39 is 23.1 Å². The molecule has 0 saturated heterocycles. The molecule has 0 fully saturated rings. The maximum atomic E-state index is 13.9. The molecule has 3 nitrogen and oxygen atoms in total. The fraction of sp³-hybridized carbons (Fsp3) is 0.385. The summed E-state index contributed by atoms with van der Waals surface area (Å²) in [4.78, 5) is 13.6. The zero-order chi connectivity index (χ0) is 14.7. The van der Waals surface area contributed by atoms with Crippen LogP contribution in [-0.2, 0) is 0 Å². The van der Waals surface area contributed by atoms with Crippen LogP contribution in [0.15, 0.2) is 12.1 Å². The monoisotopic (exact) mass is 286 g/mol. The molecule has 0 unspecified atom stereocenters. The Balaban J connectivity index is 3.24. The summed E-state index contributed by atoms with van der Waals surface area (Å²) in [5.41, 5.74) is 5.05. The van der Waals surface area contributed by atoms with Crippen molar-refractivity contribution >= 4 is 23.1 Å². The van der Waals surface area contributed by atoms with Crippen molar-refractivity contribution in [3.8, 4) is 0 Å². The molecule has 1 amide bonds. The van der Waals surface area contributed by atoms with Crippen molar-refractivity contribution in [2.45, 2.75) is 26.8 Å². The minimum absolute atomic E-state index is 0.0152. The predicted molar refractivity (Wildman–Crippen MR) is 74.1 cm³/mol. The lowest BCUT2D eigenvalue weighted by Crippen LogP contribution is -2.43. The number of rotatable bonds is 4. The molecule has 0 spiro atoms. The molecule has 0 bridgehead atoms. The average molecular weight is 286 g/mol. The van der Waals surface area contributed by atoms with Crippen molar-refractivity contribution in [3.05, 3.63) is 34.9 Å². The Kier molecular flexibility index (Phi) is 4.94. The van der Waals surface area contributed by atoms with Gasteiger partial charge in [-0.2, -0.15) is 0 Å². The van der Waals surface area contributed by atoms with E-state index in [0.29, 0.717) is 0 Å². The fourth-order valence-electron chi connectivity index (χ4n) is 1.65. The number of carbonyl (C=O) groups is 1. The maximum Gasteiger partial charge on any atom is 0.260 e. The molecule has 0 saturated carbocycles. The van der Waals surface area contributed by atoms with Crippen LogP contribution in [0.3, 0.4) is 0 Å². The first-order chi connectivity index (χ1) is 8.75. The second-order valence-corrected chi connectivity index (χ2v) is 5.07. The van der Waals surface area contributed by atoms with Crippen LogP contribution in [0.2, 0.25) is 0 Å². The molecule has 0 aromatic heterocycles. The summed E-state index contributed by atoms with van der Waals surface area (Å²) in [5, 5.41) is 0. The Morgan fingerprint density at radius 3 is 2.47 bits per heavy atom. The number of thiocarbonyl (C=S) groups is 1. The zero-order valence-electron chi connectivity index (χ0n) is 11.0. The number of halogens is 2. The molecule has 0 heterocycles. The number of carbonyl (C=O) groups excluding carboxylic acids is 1. The first-order valence-electron chi connectivity index (χ1n) is 5.79.